The van der Waals surface area contributed by atoms with E-state index in [2.05, 4.69) is 57.8 Å². The molecule has 0 radical (unpaired) electrons. The van der Waals surface area contributed by atoms with E-state index in [0.29, 0.717) is 38.7 Å². The summed E-state index contributed by atoms with van der Waals surface area (Å²) < 4.78 is 0. The van der Waals surface area contributed by atoms with Gasteiger partial charge in [-0.25, -0.2) is 4.98 Å². The molecular weight excluding hydrogens is 464 g/mol. The smallest absolute Gasteiger partial charge is 0.253 e. The fourth-order valence-electron chi connectivity index (χ4n) is 5.21. The van der Waals surface area contributed by atoms with E-state index in [9.17, 15) is 9.59 Å². The van der Waals surface area contributed by atoms with Crippen molar-refractivity contribution in [3.63, 3.8) is 0 Å². The summed E-state index contributed by atoms with van der Waals surface area (Å²) in [4.78, 5) is 41.9. The minimum atomic E-state index is -0.131. The molecule has 0 atom stereocenters. The summed E-state index contributed by atoms with van der Waals surface area (Å²) in [6.45, 7) is 11.2. The Bertz CT molecular complexity index is 1270. The topological polar surface area (TPSA) is 75.8 Å². The van der Waals surface area contributed by atoms with Gasteiger partial charge in [-0.15, -0.1) is 0 Å². The average molecular weight is 501 g/mol. The first-order chi connectivity index (χ1) is 18.0. The van der Waals surface area contributed by atoms with Gasteiger partial charge < -0.3 is 14.7 Å². The third-order valence-corrected chi connectivity index (χ3v) is 7.47. The van der Waals surface area contributed by atoms with Crippen LogP contribution in [0.2, 0.25) is 0 Å². The highest BCUT2D eigenvalue weighted by molar-refractivity contribution is 5.94. The number of carbonyl (C=O) groups excluding carboxylic acids is 1. The molecular formula is C29H36N6O2. The third-order valence-electron chi connectivity index (χ3n) is 7.47. The number of carbonyl (C=O) groups is 1. The molecule has 37 heavy (non-hydrogen) atoms. The van der Waals surface area contributed by atoms with Crippen molar-refractivity contribution in [3.8, 4) is 0 Å². The standard InChI is InChI=1S/C29H36N6O2/c1-3-23-8-10-24(11-9-23)28(37)34-16-18-35(19-17-34)29-30-25(20-27(36)31-29)21-32-12-14-33(15-13-32)26-7-5-4-6-22(26)2/h4-11,20H,3,12-19,21H2,1-2H3,(H,30,31,36). The first-order valence-electron chi connectivity index (χ1n) is 13.3. The quantitative estimate of drug-likeness (QED) is 0.561. The van der Waals surface area contributed by atoms with Crippen molar-refractivity contribution in [1.82, 2.24) is 19.8 Å². The molecule has 2 aliphatic heterocycles. The lowest BCUT2D eigenvalue weighted by molar-refractivity contribution is 0.0746. The van der Waals surface area contributed by atoms with Gasteiger partial charge in [-0.3, -0.25) is 19.5 Å². The van der Waals surface area contributed by atoms with Crippen LogP contribution in [0.25, 0.3) is 0 Å². The summed E-state index contributed by atoms with van der Waals surface area (Å²) in [5.74, 6) is 0.655. The number of rotatable bonds is 6. The Morgan fingerprint density at radius 3 is 2.24 bits per heavy atom. The van der Waals surface area contributed by atoms with Gasteiger partial charge in [0.05, 0.1) is 5.69 Å². The number of nitrogens with one attached hydrogen (secondary N) is 1. The maximum atomic E-state index is 12.9. The fourth-order valence-corrected chi connectivity index (χ4v) is 5.21. The minimum absolute atomic E-state index is 0.0577. The molecule has 8 nitrogen and oxygen atoms in total. The Hall–Kier alpha value is -3.65. The van der Waals surface area contributed by atoms with Crippen LogP contribution < -0.4 is 15.4 Å². The number of nitrogens with zero attached hydrogens (tertiary/aromatic N) is 5. The van der Waals surface area contributed by atoms with E-state index >= 15 is 0 Å². The van der Waals surface area contributed by atoms with E-state index in [1.807, 2.05) is 29.2 Å². The molecule has 2 saturated heterocycles. The molecule has 2 aromatic carbocycles. The van der Waals surface area contributed by atoms with Crippen molar-refractivity contribution in [1.29, 1.82) is 0 Å². The number of aryl methyl sites for hydroxylation is 2. The van der Waals surface area contributed by atoms with Crippen LogP contribution in [-0.2, 0) is 13.0 Å². The molecule has 5 rings (SSSR count). The Morgan fingerprint density at radius 1 is 0.892 bits per heavy atom. The zero-order chi connectivity index (χ0) is 25.8. The largest absolute Gasteiger partial charge is 0.369 e. The number of anilines is 2. The molecule has 0 aliphatic carbocycles. The van der Waals surface area contributed by atoms with Gasteiger partial charge >= 0.3 is 0 Å². The van der Waals surface area contributed by atoms with Crippen LogP contribution in [0.3, 0.4) is 0 Å². The van der Waals surface area contributed by atoms with Crippen LogP contribution in [-0.4, -0.2) is 78.0 Å². The second-order valence-electron chi connectivity index (χ2n) is 9.94. The number of hydrogen-bond donors (Lipinski definition) is 1. The van der Waals surface area contributed by atoms with E-state index in [-0.39, 0.29) is 11.5 Å². The minimum Gasteiger partial charge on any atom is -0.369 e. The number of aromatic nitrogens is 2. The lowest BCUT2D eigenvalue weighted by Crippen LogP contribution is -2.49. The van der Waals surface area contributed by atoms with Crippen LogP contribution in [0.1, 0.15) is 34.1 Å². The van der Waals surface area contributed by atoms with Crippen molar-refractivity contribution < 1.29 is 4.79 Å². The zero-order valence-corrected chi connectivity index (χ0v) is 21.8. The number of amides is 1. The Morgan fingerprint density at radius 2 is 1.57 bits per heavy atom. The second kappa shape index (κ2) is 11.2. The molecule has 0 bridgehead atoms. The van der Waals surface area contributed by atoms with Gasteiger partial charge in [-0.05, 0) is 42.7 Å². The van der Waals surface area contributed by atoms with Gasteiger partial charge in [0.25, 0.3) is 11.5 Å². The predicted octanol–water partition coefficient (Wildman–Crippen LogP) is 2.93. The fraction of sp³-hybridized carbons (Fsp3) is 0.414. The summed E-state index contributed by atoms with van der Waals surface area (Å²) in [5.41, 5.74) is 5.21. The molecule has 3 heterocycles. The number of H-pyrrole nitrogens is 1. The van der Waals surface area contributed by atoms with Crippen LogP contribution in [0, 0.1) is 6.92 Å². The molecule has 194 valence electrons. The van der Waals surface area contributed by atoms with Crippen molar-refractivity contribution in [2.75, 3.05) is 62.2 Å². The molecule has 0 saturated carbocycles. The lowest BCUT2D eigenvalue weighted by Gasteiger charge is -2.37. The SMILES string of the molecule is CCc1ccc(C(=O)N2CCN(c3nc(CN4CCN(c5ccccc5C)CC4)cc(=O)[nH]3)CC2)cc1. The van der Waals surface area contributed by atoms with Crippen LogP contribution in [0.15, 0.2) is 59.4 Å². The summed E-state index contributed by atoms with van der Waals surface area (Å²) in [7, 11) is 0. The number of piperazine rings is 2. The van der Waals surface area contributed by atoms with E-state index in [0.717, 1.165) is 43.9 Å². The van der Waals surface area contributed by atoms with Gasteiger partial charge in [0, 0.05) is 76.2 Å². The number of benzene rings is 2. The molecule has 3 aromatic rings. The molecule has 0 unspecified atom stereocenters. The van der Waals surface area contributed by atoms with Crippen molar-refractivity contribution in [2.24, 2.45) is 0 Å². The molecule has 2 fully saturated rings. The van der Waals surface area contributed by atoms with E-state index < -0.39 is 0 Å². The predicted molar refractivity (Wildman–Crippen MR) is 147 cm³/mol. The van der Waals surface area contributed by atoms with Gasteiger partial charge in [-0.1, -0.05) is 37.3 Å². The van der Waals surface area contributed by atoms with E-state index in [1.54, 1.807) is 6.07 Å². The van der Waals surface area contributed by atoms with Gasteiger partial charge in [0.15, 0.2) is 0 Å². The summed E-state index contributed by atoms with van der Waals surface area (Å²) in [5, 5.41) is 0. The Labute approximate surface area is 218 Å². The summed E-state index contributed by atoms with van der Waals surface area (Å²) >= 11 is 0. The summed E-state index contributed by atoms with van der Waals surface area (Å²) in [6, 6.07) is 18.0. The van der Waals surface area contributed by atoms with Crippen LogP contribution in [0.4, 0.5) is 11.6 Å². The number of para-hydroxylation sites is 1. The normalized spacial score (nSPS) is 16.8. The summed E-state index contributed by atoms with van der Waals surface area (Å²) in [6.07, 6.45) is 0.959. The van der Waals surface area contributed by atoms with Gasteiger partial charge in [0.1, 0.15) is 0 Å². The maximum absolute atomic E-state index is 12.9. The molecule has 1 amide bonds. The van der Waals surface area contributed by atoms with Crippen LogP contribution in [0.5, 0.6) is 0 Å². The number of hydrogen-bond acceptors (Lipinski definition) is 6. The van der Waals surface area contributed by atoms with Crippen molar-refractivity contribution in [3.05, 3.63) is 87.3 Å². The number of aromatic amines is 1. The van der Waals surface area contributed by atoms with Crippen molar-refractivity contribution >= 4 is 17.5 Å². The van der Waals surface area contributed by atoms with E-state index in [4.69, 9.17) is 4.98 Å². The first kappa shape index (κ1) is 25.0. The Kier molecular flexibility index (Phi) is 7.55. The van der Waals surface area contributed by atoms with Crippen LogP contribution >= 0.6 is 0 Å². The van der Waals surface area contributed by atoms with Gasteiger partial charge in [0.2, 0.25) is 5.95 Å². The molecule has 0 spiro atoms. The van der Waals surface area contributed by atoms with Crippen molar-refractivity contribution in [2.45, 2.75) is 26.8 Å². The molecule has 8 heteroatoms. The highest BCUT2D eigenvalue weighted by atomic mass is 16.2. The second-order valence-corrected chi connectivity index (χ2v) is 9.94. The highest BCUT2D eigenvalue weighted by Crippen LogP contribution is 2.21. The van der Waals surface area contributed by atoms with E-state index in [1.165, 1.54) is 16.8 Å². The maximum Gasteiger partial charge on any atom is 0.253 e. The first-order valence-corrected chi connectivity index (χ1v) is 13.3. The zero-order valence-electron chi connectivity index (χ0n) is 21.8. The molecule has 2 aliphatic rings. The third kappa shape index (κ3) is 5.85. The molecule has 1 N–H and O–H groups in total. The van der Waals surface area contributed by atoms with Gasteiger partial charge in [-0.2, -0.15) is 0 Å². The Balaban J connectivity index is 1.17. The average Bonchev–Trinajstić information content (AvgIpc) is 2.93. The highest BCUT2D eigenvalue weighted by Gasteiger charge is 2.24. The molecule has 1 aromatic heterocycles. The monoisotopic (exact) mass is 500 g/mol. The lowest BCUT2D eigenvalue weighted by atomic mass is 10.1.